The van der Waals surface area contributed by atoms with Gasteiger partial charge in [0.1, 0.15) is 0 Å². The minimum Gasteiger partial charge on any atom is -0.369 e. The van der Waals surface area contributed by atoms with Gasteiger partial charge in [0.25, 0.3) is 0 Å². The molecule has 2 rings (SSSR count). The van der Waals surface area contributed by atoms with Gasteiger partial charge in [0.05, 0.1) is 12.1 Å². The van der Waals surface area contributed by atoms with Crippen molar-refractivity contribution in [2.24, 2.45) is 5.73 Å². The first-order valence-electron chi connectivity index (χ1n) is 5.13. The predicted octanol–water partition coefficient (Wildman–Crippen LogP) is 1.30. The Balaban J connectivity index is 2.13. The molecule has 1 amide bonds. The summed E-state index contributed by atoms with van der Waals surface area (Å²) in [5, 5.41) is 6.77. The van der Waals surface area contributed by atoms with Crippen LogP contribution in [0.4, 0.5) is 0 Å². The highest BCUT2D eigenvalue weighted by Gasteiger charge is 1.97. The molecule has 0 aliphatic heterocycles. The van der Waals surface area contributed by atoms with Crippen LogP contribution in [-0.4, -0.2) is 16.1 Å². The number of benzene rings is 1. The standard InChI is InChI=1S/C13H11N3O/c14-13(17)3-1-2-10-4-6-11(7-5-10)12-8-9-15-16-12/h4-9H,3H2,(H2,14,17)(H,15,16). The van der Waals surface area contributed by atoms with E-state index in [1.54, 1.807) is 6.20 Å². The van der Waals surface area contributed by atoms with E-state index in [2.05, 4.69) is 22.0 Å². The maximum absolute atomic E-state index is 10.5. The fourth-order valence-electron chi connectivity index (χ4n) is 1.38. The van der Waals surface area contributed by atoms with E-state index in [0.717, 1.165) is 16.8 Å². The van der Waals surface area contributed by atoms with Gasteiger partial charge in [-0.05, 0) is 23.8 Å². The van der Waals surface area contributed by atoms with Crippen molar-refractivity contribution in [2.75, 3.05) is 0 Å². The molecule has 0 saturated carbocycles. The summed E-state index contributed by atoms with van der Waals surface area (Å²) in [5.41, 5.74) is 7.85. The Labute approximate surface area is 98.8 Å². The SMILES string of the molecule is NC(=O)CC#Cc1ccc(-c2ccn[nH]2)cc1. The molecule has 3 N–H and O–H groups in total. The van der Waals surface area contributed by atoms with E-state index in [-0.39, 0.29) is 6.42 Å². The van der Waals surface area contributed by atoms with E-state index in [9.17, 15) is 4.79 Å². The summed E-state index contributed by atoms with van der Waals surface area (Å²) >= 11 is 0. The highest BCUT2D eigenvalue weighted by Crippen LogP contribution is 2.16. The zero-order valence-electron chi connectivity index (χ0n) is 9.10. The summed E-state index contributed by atoms with van der Waals surface area (Å²) in [6.07, 6.45) is 1.79. The van der Waals surface area contributed by atoms with Crippen LogP contribution in [-0.2, 0) is 4.79 Å². The Kier molecular flexibility index (Phi) is 3.22. The van der Waals surface area contributed by atoms with Crippen LogP contribution >= 0.6 is 0 Å². The average Bonchev–Trinajstić information content (AvgIpc) is 2.83. The number of nitrogens with two attached hydrogens (primary N) is 1. The first-order valence-corrected chi connectivity index (χ1v) is 5.13. The van der Waals surface area contributed by atoms with Crippen molar-refractivity contribution in [1.82, 2.24) is 10.2 Å². The zero-order valence-corrected chi connectivity index (χ0v) is 9.10. The number of primary amides is 1. The van der Waals surface area contributed by atoms with Crippen LogP contribution in [0.5, 0.6) is 0 Å². The van der Waals surface area contributed by atoms with Gasteiger partial charge >= 0.3 is 0 Å². The number of amides is 1. The van der Waals surface area contributed by atoms with Gasteiger partial charge in [-0.15, -0.1) is 0 Å². The third-order valence-electron chi connectivity index (χ3n) is 2.19. The zero-order chi connectivity index (χ0) is 12.1. The van der Waals surface area contributed by atoms with Gasteiger partial charge in [-0.3, -0.25) is 9.89 Å². The highest BCUT2D eigenvalue weighted by atomic mass is 16.1. The van der Waals surface area contributed by atoms with Crippen LogP contribution in [0.25, 0.3) is 11.3 Å². The molecule has 4 nitrogen and oxygen atoms in total. The maximum atomic E-state index is 10.5. The van der Waals surface area contributed by atoms with Crippen molar-refractivity contribution >= 4 is 5.91 Å². The van der Waals surface area contributed by atoms with Crippen LogP contribution in [0.3, 0.4) is 0 Å². The van der Waals surface area contributed by atoms with Crippen molar-refractivity contribution in [3.05, 3.63) is 42.1 Å². The molecule has 0 radical (unpaired) electrons. The molecule has 0 atom stereocenters. The molecule has 1 aromatic carbocycles. The molecule has 0 aliphatic carbocycles. The Morgan fingerprint density at radius 2 is 2.06 bits per heavy atom. The minimum absolute atomic E-state index is 0.0856. The van der Waals surface area contributed by atoms with Crippen molar-refractivity contribution < 1.29 is 4.79 Å². The molecule has 0 fully saturated rings. The second-order valence-corrected chi connectivity index (χ2v) is 3.49. The minimum atomic E-state index is -0.411. The summed E-state index contributed by atoms with van der Waals surface area (Å²) < 4.78 is 0. The molecule has 0 saturated heterocycles. The van der Waals surface area contributed by atoms with E-state index in [0.29, 0.717) is 0 Å². The van der Waals surface area contributed by atoms with Gasteiger partial charge < -0.3 is 5.73 Å². The van der Waals surface area contributed by atoms with Gasteiger partial charge in [0, 0.05) is 11.8 Å². The molecule has 4 heteroatoms. The molecule has 0 spiro atoms. The van der Waals surface area contributed by atoms with Gasteiger partial charge in [0.2, 0.25) is 5.91 Å². The number of hydrogen-bond donors (Lipinski definition) is 2. The number of hydrogen-bond acceptors (Lipinski definition) is 2. The predicted molar refractivity (Wildman–Crippen MR) is 64.7 cm³/mol. The smallest absolute Gasteiger partial charge is 0.229 e. The number of nitrogens with zero attached hydrogens (tertiary/aromatic N) is 1. The second kappa shape index (κ2) is 4.99. The topological polar surface area (TPSA) is 71.8 Å². The summed E-state index contributed by atoms with van der Waals surface area (Å²) in [6, 6.07) is 9.58. The molecule has 2 aromatic rings. The highest BCUT2D eigenvalue weighted by molar-refractivity contribution is 5.76. The Hall–Kier alpha value is -2.54. The lowest BCUT2D eigenvalue weighted by molar-refractivity contribution is -0.117. The number of H-pyrrole nitrogens is 1. The number of carbonyl (C=O) groups excluding carboxylic acids is 1. The van der Waals surface area contributed by atoms with Crippen molar-refractivity contribution in [1.29, 1.82) is 0 Å². The molecule has 1 heterocycles. The molecule has 0 aliphatic rings. The number of nitrogens with one attached hydrogen (secondary N) is 1. The molecular formula is C13H11N3O. The summed E-state index contributed by atoms with van der Waals surface area (Å²) in [4.78, 5) is 10.5. The molecule has 0 unspecified atom stereocenters. The lowest BCUT2D eigenvalue weighted by Crippen LogP contribution is -2.08. The van der Waals surface area contributed by atoms with E-state index in [1.807, 2.05) is 30.3 Å². The Morgan fingerprint density at radius 3 is 2.65 bits per heavy atom. The van der Waals surface area contributed by atoms with Crippen molar-refractivity contribution in [3.8, 4) is 23.1 Å². The fraction of sp³-hybridized carbons (Fsp3) is 0.0769. The monoisotopic (exact) mass is 225 g/mol. The van der Waals surface area contributed by atoms with Crippen LogP contribution in [0, 0.1) is 11.8 Å². The number of carbonyl (C=O) groups is 1. The Morgan fingerprint density at radius 1 is 1.29 bits per heavy atom. The first kappa shape index (κ1) is 11.0. The Bertz CT molecular complexity index is 559. The summed E-state index contributed by atoms with van der Waals surface area (Å²) in [5.74, 6) is 5.17. The maximum Gasteiger partial charge on any atom is 0.229 e. The van der Waals surface area contributed by atoms with Crippen LogP contribution in [0.15, 0.2) is 36.5 Å². The fourth-order valence-corrected chi connectivity index (χ4v) is 1.38. The largest absolute Gasteiger partial charge is 0.369 e. The quantitative estimate of drug-likeness (QED) is 0.756. The van der Waals surface area contributed by atoms with Crippen LogP contribution in [0.1, 0.15) is 12.0 Å². The molecule has 84 valence electrons. The van der Waals surface area contributed by atoms with Gasteiger partial charge in [-0.2, -0.15) is 5.10 Å². The molecule has 0 bridgehead atoms. The van der Waals surface area contributed by atoms with E-state index >= 15 is 0 Å². The molecule has 17 heavy (non-hydrogen) atoms. The van der Waals surface area contributed by atoms with Crippen molar-refractivity contribution in [2.45, 2.75) is 6.42 Å². The van der Waals surface area contributed by atoms with E-state index < -0.39 is 5.91 Å². The van der Waals surface area contributed by atoms with E-state index in [4.69, 9.17) is 5.73 Å². The molecule has 1 aromatic heterocycles. The van der Waals surface area contributed by atoms with Gasteiger partial charge in [0.15, 0.2) is 0 Å². The lowest BCUT2D eigenvalue weighted by atomic mass is 10.1. The summed E-state index contributed by atoms with van der Waals surface area (Å²) in [6.45, 7) is 0. The number of aromatic amines is 1. The van der Waals surface area contributed by atoms with Crippen LogP contribution < -0.4 is 5.73 Å². The molecular weight excluding hydrogens is 214 g/mol. The number of aromatic nitrogens is 2. The average molecular weight is 225 g/mol. The number of rotatable bonds is 2. The second-order valence-electron chi connectivity index (χ2n) is 3.49. The third kappa shape index (κ3) is 2.95. The van der Waals surface area contributed by atoms with Crippen molar-refractivity contribution in [3.63, 3.8) is 0 Å². The lowest BCUT2D eigenvalue weighted by Gasteiger charge is -1.96. The first-order chi connectivity index (χ1) is 8.25. The summed E-state index contributed by atoms with van der Waals surface area (Å²) in [7, 11) is 0. The van der Waals surface area contributed by atoms with E-state index in [1.165, 1.54) is 0 Å². The van der Waals surface area contributed by atoms with Gasteiger partial charge in [-0.1, -0.05) is 24.0 Å². The third-order valence-corrected chi connectivity index (χ3v) is 2.19. The normalized spacial score (nSPS) is 9.41. The van der Waals surface area contributed by atoms with Crippen LogP contribution in [0.2, 0.25) is 0 Å². The van der Waals surface area contributed by atoms with Gasteiger partial charge in [-0.25, -0.2) is 0 Å².